The number of carbonyl (C=O) groups excluding carboxylic acids is 2. The molecule has 3 aromatic rings. The lowest BCUT2D eigenvalue weighted by Gasteiger charge is -2.22. The Morgan fingerprint density at radius 3 is 2.62 bits per heavy atom. The van der Waals surface area contributed by atoms with E-state index in [1.807, 2.05) is 32.0 Å². The second kappa shape index (κ2) is 11.1. The summed E-state index contributed by atoms with van der Waals surface area (Å²) in [5, 5.41) is 5.92. The second-order valence-electron chi connectivity index (χ2n) is 9.54. The van der Waals surface area contributed by atoms with E-state index >= 15 is 0 Å². The molecule has 1 saturated heterocycles. The van der Waals surface area contributed by atoms with Gasteiger partial charge in [0.15, 0.2) is 0 Å². The molecule has 0 unspecified atom stereocenters. The minimum absolute atomic E-state index is 0.0216. The summed E-state index contributed by atoms with van der Waals surface area (Å²) in [5.41, 5.74) is 9.66. The Hall–Kier alpha value is -3.72. The highest BCUT2D eigenvalue weighted by Gasteiger charge is 2.23. The molecule has 3 heterocycles. The number of carbonyl (C=O) groups is 2. The summed E-state index contributed by atoms with van der Waals surface area (Å²) >= 11 is 0. The maximum absolute atomic E-state index is 13.0. The van der Waals surface area contributed by atoms with Gasteiger partial charge in [-0.2, -0.15) is 0 Å². The van der Waals surface area contributed by atoms with Crippen molar-refractivity contribution in [1.82, 2.24) is 25.1 Å². The molecule has 0 aliphatic carbocycles. The monoisotopic (exact) mass is 504 g/mol. The summed E-state index contributed by atoms with van der Waals surface area (Å²) < 4.78 is 1.68. The molecule has 196 valence electrons. The van der Waals surface area contributed by atoms with Gasteiger partial charge < -0.3 is 20.9 Å². The molecule has 9 heteroatoms. The van der Waals surface area contributed by atoms with Gasteiger partial charge in [0.05, 0.1) is 17.5 Å². The van der Waals surface area contributed by atoms with Crippen LogP contribution in [0.15, 0.2) is 35.1 Å². The van der Waals surface area contributed by atoms with Gasteiger partial charge in [0.25, 0.3) is 5.91 Å². The molecule has 4 N–H and O–H groups in total. The quantitative estimate of drug-likeness (QED) is 0.433. The Kier molecular flexibility index (Phi) is 7.92. The normalized spacial score (nSPS) is 15.7. The molecule has 1 aliphatic rings. The van der Waals surface area contributed by atoms with Crippen LogP contribution in [0.4, 0.5) is 5.82 Å². The van der Waals surface area contributed by atoms with E-state index in [-0.39, 0.29) is 17.3 Å². The number of pyridine rings is 2. The van der Waals surface area contributed by atoms with Crippen LogP contribution in [0.2, 0.25) is 0 Å². The van der Waals surface area contributed by atoms with Crippen molar-refractivity contribution in [3.63, 3.8) is 0 Å². The second-order valence-corrected chi connectivity index (χ2v) is 9.54. The molecule has 9 nitrogen and oxygen atoms in total. The molecule has 2 aromatic heterocycles. The number of hydrogen-bond acceptors (Lipinski definition) is 6. The standard InChI is InChI=1S/C28H36N6O3/c1-5-33-13-7-8-19(33)16-31-23(35)15-18-9-10-20(17(3)14-18)22-12-11-21-25(36)24(28(37)30-4)26(29)34(6-2)27(21)32-22/h9-12,14,19H,5-8,13,15-16,29H2,1-4H3,(H,30,37)(H,31,35)/t19-/m1/s1. The number of anilines is 1. The predicted octanol–water partition coefficient (Wildman–Crippen LogP) is 2.48. The van der Waals surface area contributed by atoms with E-state index in [2.05, 4.69) is 22.5 Å². The zero-order valence-corrected chi connectivity index (χ0v) is 22.1. The van der Waals surface area contributed by atoms with Gasteiger partial charge in [0, 0.05) is 31.7 Å². The lowest BCUT2D eigenvalue weighted by Crippen LogP contribution is -2.40. The first-order valence-corrected chi connectivity index (χ1v) is 12.9. The number of hydrogen-bond donors (Lipinski definition) is 3. The van der Waals surface area contributed by atoms with Crippen molar-refractivity contribution in [3.05, 3.63) is 57.2 Å². The fourth-order valence-electron chi connectivity index (χ4n) is 5.29. The predicted molar refractivity (Wildman–Crippen MR) is 147 cm³/mol. The van der Waals surface area contributed by atoms with Gasteiger partial charge in [-0.15, -0.1) is 0 Å². The number of nitrogens with two attached hydrogens (primary N) is 1. The van der Waals surface area contributed by atoms with E-state index in [1.54, 1.807) is 16.7 Å². The van der Waals surface area contributed by atoms with Crippen LogP contribution in [-0.2, 0) is 17.8 Å². The average molecular weight is 505 g/mol. The molecule has 0 radical (unpaired) electrons. The number of benzene rings is 1. The number of rotatable bonds is 8. The highest BCUT2D eigenvalue weighted by atomic mass is 16.2. The van der Waals surface area contributed by atoms with E-state index in [4.69, 9.17) is 10.7 Å². The largest absolute Gasteiger partial charge is 0.384 e. The number of aromatic nitrogens is 2. The molecule has 1 aliphatic heterocycles. The van der Waals surface area contributed by atoms with E-state index in [1.165, 1.54) is 13.5 Å². The Labute approximate surface area is 217 Å². The van der Waals surface area contributed by atoms with Crippen LogP contribution in [0, 0.1) is 6.92 Å². The number of fused-ring (bicyclic) bond motifs is 1. The number of nitrogens with one attached hydrogen (secondary N) is 2. The fraction of sp³-hybridized carbons (Fsp3) is 0.429. The Morgan fingerprint density at radius 2 is 1.95 bits per heavy atom. The molecule has 1 atom stereocenters. The molecule has 2 amide bonds. The number of likely N-dealkylation sites (N-methyl/N-ethyl adjacent to an activating group) is 1. The highest BCUT2D eigenvalue weighted by Crippen LogP contribution is 2.26. The van der Waals surface area contributed by atoms with Gasteiger partial charge in [0.2, 0.25) is 11.3 Å². The third kappa shape index (κ3) is 5.22. The van der Waals surface area contributed by atoms with E-state index < -0.39 is 11.3 Å². The molecular formula is C28H36N6O3. The van der Waals surface area contributed by atoms with Gasteiger partial charge in [-0.1, -0.05) is 25.1 Å². The van der Waals surface area contributed by atoms with Crippen LogP contribution < -0.4 is 21.8 Å². The first kappa shape index (κ1) is 26.3. The molecule has 0 saturated carbocycles. The summed E-state index contributed by atoms with van der Waals surface area (Å²) in [5.74, 6) is -0.396. The van der Waals surface area contributed by atoms with E-state index in [0.717, 1.165) is 36.2 Å². The molecule has 4 rings (SSSR count). The van der Waals surface area contributed by atoms with Crippen molar-refractivity contribution in [1.29, 1.82) is 0 Å². The number of nitrogen functional groups attached to an aromatic ring is 1. The molecule has 0 bridgehead atoms. The molecular weight excluding hydrogens is 468 g/mol. The fourth-order valence-corrected chi connectivity index (χ4v) is 5.29. The van der Waals surface area contributed by atoms with Gasteiger partial charge in [-0.05, 0) is 63.0 Å². The number of nitrogens with zero attached hydrogens (tertiary/aromatic N) is 3. The first-order valence-electron chi connectivity index (χ1n) is 12.9. The lowest BCUT2D eigenvalue weighted by molar-refractivity contribution is -0.120. The topological polar surface area (TPSA) is 122 Å². The van der Waals surface area contributed by atoms with Crippen LogP contribution >= 0.6 is 0 Å². The maximum Gasteiger partial charge on any atom is 0.258 e. The minimum atomic E-state index is -0.517. The molecule has 37 heavy (non-hydrogen) atoms. The van der Waals surface area contributed by atoms with Crippen molar-refractivity contribution in [2.45, 2.75) is 52.6 Å². The van der Waals surface area contributed by atoms with Crippen molar-refractivity contribution >= 4 is 28.7 Å². The van der Waals surface area contributed by atoms with Crippen molar-refractivity contribution in [2.75, 3.05) is 32.4 Å². The summed E-state index contributed by atoms with van der Waals surface area (Å²) in [4.78, 5) is 45.1. The summed E-state index contributed by atoms with van der Waals surface area (Å²) in [6.45, 7) is 9.29. The lowest BCUT2D eigenvalue weighted by atomic mass is 10.00. The third-order valence-electron chi connectivity index (χ3n) is 7.29. The van der Waals surface area contributed by atoms with E-state index in [9.17, 15) is 14.4 Å². The minimum Gasteiger partial charge on any atom is -0.384 e. The summed E-state index contributed by atoms with van der Waals surface area (Å²) in [6.07, 6.45) is 2.64. The van der Waals surface area contributed by atoms with Gasteiger partial charge in [-0.3, -0.25) is 19.3 Å². The van der Waals surface area contributed by atoms with Crippen molar-refractivity contribution in [3.8, 4) is 11.3 Å². The summed E-state index contributed by atoms with van der Waals surface area (Å²) in [7, 11) is 1.47. The van der Waals surface area contributed by atoms with Crippen LogP contribution in [0.25, 0.3) is 22.3 Å². The smallest absolute Gasteiger partial charge is 0.258 e. The maximum atomic E-state index is 13.0. The van der Waals surface area contributed by atoms with Crippen LogP contribution in [0.3, 0.4) is 0 Å². The van der Waals surface area contributed by atoms with Crippen molar-refractivity contribution < 1.29 is 9.59 Å². The number of amides is 2. The van der Waals surface area contributed by atoms with Gasteiger partial charge >= 0.3 is 0 Å². The summed E-state index contributed by atoms with van der Waals surface area (Å²) in [6, 6.07) is 9.81. The highest BCUT2D eigenvalue weighted by molar-refractivity contribution is 6.01. The Balaban J connectivity index is 1.57. The number of likely N-dealkylation sites (tertiary alicyclic amines) is 1. The van der Waals surface area contributed by atoms with E-state index in [0.29, 0.717) is 42.3 Å². The van der Waals surface area contributed by atoms with Crippen molar-refractivity contribution in [2.24, 2.45) is 0 Å². The van der Waals surface area contributed by atoms with Gasteiger partial charge in [-0.25, -0.2) is 4.98 Å². The molecule has 1 aromatic carbocycles. The Bertz CT molecular complexity index is 1400. The van der Waals surface area contributed by atoms with Crippen LogP contribution in [0.5, 0.6) is 0 Å². The zero-order valence-electron chi connectivity index (χ0n) is 22.1. The average Bonchev–Trinajstić information content (AvgIpc) is 3.35. The first-order chi connectivity index (χ1) is 17.8. The van der Waals surface area contributed by atoms with Crippen LogP contribution in [0.1, 0.15) is 48.2 Å². The SMILES string of the molecule is CCN1CCC[C@@H]1CNC(=O)Cc1ccc(-c2ccc3c(=O)c(C(=O)NC)c(N)n(CC)c3n2)c(C)c1. The van der Waals surface area contributed by atoms with Crippen LogP contribution in [-0.4, -0.2) is 59.0 Å². The molecule has 0 spiro atoms. The zero-order chi connectivity index (χ0) is 26.7. The number of aryl methyl sites for hydroxylation is 2. The third-order valence-corrected chi connectivity index (χ3v) is 7.29. The van der Waals surface area contributed by atoms with Gasteiger partial charge in [0.1, 0.15) is 17.0 Å². The molecule has 1 fully saturated rings. The Morgan fingerprint density at radius 1 is 1.16 bits per heavy atom.